The number of benzene rings is 5. The second kappa shape index (κ2) is 10.7. The molecule has 1 saturated carbocycles. The van der Waals surface area contributed by atoms with Gasteiger partial charge in [0.15, 0.2) is 5.82 Å². The zero-order valence-corrected chi connectivity index (χ0v) is 24.5. The Morgan fingerprint density at radius 3 is 1.82 bits per heavy atom. The van der Waals surface area contributed by atoms with Gasteiger partial charge in [-0.2, -0.15) is 5.26 Å². The van der Waals surface area contributed by atoms with Crippen molar-refractivity contribution in [2.45, 2.75) is 37.5 Å². The summed E-state index contributed by atoms with van der Waals surface area (Å²) in [5.41, 5.74) is 13.5. The maximum atomic E-state index is 9.69. The number of hydrogen-bond acceptors (Lipinski definition) is 3. The van der Waals surface area contributed by atoms with Gasteiger partial charge in [-0.1, -0.05) is 116 Å². The van der Waals surface area contributed by atoms with Crippen molar-refractivity contribution < 1.29 is 0 Å². The molecule has 0 aliphatic heterocycles. The molecule has 0 N–H and O–H groups in total. The van der Waals surface area contributed by atoms with Crippen molar-refractivity contribution in [2.75, 3.05) is 0 Å². The number of hydrogen-bond donors (Lipinski definition) is 0. The molecule has 210 valence electrons. The molecule has 1 spiro atoms. The van der Waals surface area contributed by atoms with E-state index in [-0.39, 0.29) is 5.41 Å². The highest BCUT2D eigenvalue weighted by Gasteiger charge is 2.44. The van der Waals surface area contributed by atoms with Gasteiger partial charge in [0.25, 0.3) is 0 Å². The molecule has 1 aromatic heterocycles. The summed E-state index contributed by atoms with van der Waals surface area (Å²) >= 11 is 0. The maximum Gasteiger partial charge on any atom is 0.160 e. The van der Waals surface area contributed by atoms with Crippen LogP contribution >= 0.6 is 0 Å². The Labute approximate surface area is 258 Å². The van der Waals surface area contributed by atoms with E-state index in [1.807, 2.05) is 42.5 Å². The van der Waals surface area contributed by atoms with Crippen LogP contribution in [-0.2, 0) is 5.41 Å². The number of nitriles is 1. The molecule has 2 aliphatic rings. The highest BCUT2D eigenvalue weighted by molar-refractivity contribution is 5.85. The molecule has 6 aromatic rings. The van der Waals surface area contributed by atoms with Crippen LogP contribution in [0.25, 0.3) is 56.2 Å². The molecule has 0 amide bonds. The molecule has 5 aromatic carbocycles. The molecule has 0 atom stereocenters. The lowest BCUT2D eigenvalue weighted by molar-refractivity contribution is 0.353. The van der Waals surface area contributed by atoms with Crippen LogP contribution in [0.15, 0.2) is 127 Å². The minimum Gasteiger partial charge on any atom is -0.228 e. The first kappa shape index (κ1) is 26.3. The summed E-state index contributed by atoms with van der Waals surface area (Å²) in [5, 5.41) is 9.69. The Bertz CT molecular complexity index is 1990. The Hall–Kier alpha value is -5.33. The predicted molar refractivity (Wildman–Crippen MR) is 178 cm³/mol. The van der Waals surface area contributed by atoms with Gasteiger partial charge in [-0.15, -0.1) is 0 Å². The Balaban J connectivity index is 1.24. The molecule has 3 nitrogen and oxygen atoms in total. The molecular formula is C41H31N3. The van der Waals surface area contributed by atoms with Gasteiger partial charge in [0.2, 0.25) is 0 Å². The van der Waals surface area contributed by atoms with E-state index < -0.39 is 0 Å². The molecule has 44 heavy (non-hydrogen) atoms. The monoisotopic (exact) mass is 565 g/mol. The molecule has 0 bridgehead atoms. The van der Waals surface area contributed by atoms with Crippen LogP contribution in [0.2, 0.25) is 0 Å². The molecule has 1 heterocycles. The van der Waals surface area contributed by atoms with Gasteiger partial charge in [0, 0.05) is 22.1 Å². The fourth-order valence-electron chi connectivity index (χ4n) is 7.36. The molecule has 0 radical (unpaired) electrons. The van der Waals surface area contributed by atoms with Crippen LogP contribution in [-0.4, -0.2) is 9.97 Å². The summed E-state index contributed by atoms with van der Waals surface area (Å²) in [5.74, 6) is 0.721. The summed E-state index contributed by atoms with van der Waals surface area (Å²) in [6, 6.07) is 47.0. The Morgan fingerprint density at radius 1 is 0.500 bits per heavy atom. The zero-order chi connectivity index (χ0) is 29.5. The average Bonchev–Trinajstić information content (AvgIpc) is 3.36. The Kier molecular flexibility index (Phi) is 6.42. The zero-order valence-electron chi connectivity index (χ0n) is 24.5. The van der Waals surface area contributed by atoms with Gasteiger partial charge < -0.3 is 0 Å². The van der Waals surface area contributed by atoms with Gasteiger partial charge >= 0.3 is 0 Å². The molecule has 8 rings (SSSR count). The summed E-state index contributed by atoms with van der Waals surface area (Å²) in [6.45, 7) is 0. The first-order valence-corrected chi connectivity index (χ1v) is 15.5. The third-order valence-electron chi connectivity index (χ3n) is 9.52. The minimum atomic E-state index is -0.00871. The van der Waals surface area contributed by atoms with Crippen LogP contribution in [0.3, 0.4) is 0 Å². The van der Waals surface area contributed by atoms with Gasteiger partial charge in [-0.05, 0) is 76.6 Å². The topological polar surface area (TPSA) is 49.6 Å². The summed E-state index contributed by atoms with van der Waals surface area (Å²) in [4.78, 5) is 10.0. The lowest BCUT2D eigenvalue weighted by Crippen LogP contribution is -2.28. The van der Waals surface area contributed by atoms with E-state index in [1.165, 1.54) is 52.6 Å². The smallest absolute Gasteiger partial charge is 0.160 e. The molecule has 0 unspecified atom stereocenters. The lowest BCUT2D eigenvalue weighted by atomic mass is 9.67. The second-order valence-electron chi connectivity index (χ2n) is 12.1. The van der Waals surface area contributed by atoms with E-state index in [0.717, 1.165) is 52.3 Å². The van der Waals surface area contributed by atoms with Gasteiger partial charge in [-0.25, -0.2) is 9.97 Å². The van der Waals surface area contributed by atoms with Crippen molar-refractivity contribution in [3.05, 3.63) is 144 Å². The van der Waals surface area contributed by atoms with Crippen molar-refractivity contribution in [1.29, 1.82) is 5.26 Å². The van der Waals surface area contributed by atoms with Crippen molar-refractivity contribution in [3.63, 3.8) is 0 Å². The fraction of sp³-hybridized carbons (Fsp3) is 0.146. The largest absolute Gasteiger partial charge is 0.228 e. The maximum absolute atomic E-state index is 9.69. The highest BCUT2D eigenvalue weighted by atomic mass is 14.9. The SMILES string of the molecule is N#Cc1ccc2c(c1)C1(CCCCC1)c1cc(-c3cccc(-c4cc(-c5ccccc5)nc(-c5ccccc5)n4)c3)ccc1-2. The number of aromatic nitrogens is 2. The minimum absolute atomic E-state index is 0.00871. The van der Waals surface area contributed by atoms with Gasteiger partial charge in [0.1, 0.15) is 0 Å². The molecular weight excluding hydrogens is 534 g/mol. The van der Waals surface area contributed by atoms with Crippen molar-refractivity contribution in [2.24, 2.45) is 0 Å². The lowest BCUT2D eigenvalue weighted by Gasteiger charge is -2.36. The summed E-state index contributed by atoms with van der Waals surface area (Å²) in [6.07, 6.45) is 5.99. The predicted octanol–water partition coefficient (Wildman–Crippen LogP) is 10.2. The highest BCUT2D eigenvalue weighted by Crippen LogP contribution is 2.56. The van der Waals surface area contributed by atoms with E-state index in [0.29, 0.717) is 0 Å². The normalized spacial score (nSPS) is 14.5. The molecule has 2 aliphatic carbocycles. The summed E-state index contributed by atoms with van der Waals surface area (Å²) < 4.78 is 0. The van der Waals surface area contributed by atoms with E-state index in [1.54, 1.807) is 0 Å². The van der Waals surface area contributed by atoms with E-state index in [4.69, 9.17) is 9.97 Å². The average molecular weight is 566 g/mol. The fourth-order valence-corrected chi connectivity index (χ4v) is 7.36. The quantitative estimate of drug-likeness (QED) is 0.214. The summed E-state index contributed by atoms with van der Waals surface area (Å²) in [7, 11) is 0. The van der Waals surface area contributed by atoms with Crippen LogP contribution in [0.1, 0.15) is 48.8 Å². The van der Waals surface area contributed by atoms with E-state index >= 15 is 0 Å². The van der Waals surface area contributed by atoms with Crippen LogP contribution in [0.5, 0.6) is 0 Å². The molecule has 1 fully saturated rings. The van der Waals surface area contributed by atoms with Gasteiger partial charge in [0.05, 0.1) is 23.0 Å². The third-order valence-corrected chi connectivity index (χ3v) is 9.52. The van der Waals surface area contributed by atoms with Gasteiger partial charge in [-0.3, -0.25) is 0 Å². The number of nitrogens with zero attached hydrogens (tertiary/aromatic N) is 3. The molecule has 3 heteroatoms. The van der Waals surface area contributed by atoms with E-state index in [2.05, 4.69) is 91.0 Å². The first-order valence-electron chi connectivity index (χ1n) is 15.5. The third kappa shape index (κ3) is 4.43. The van der Waals surface area contributed by atoms with Crippen molar-refractivity contribution in [1.82, 2.24) is 9.97 Å². The van der Waals surface area contributed by atoms with E-state index in [9.17, 15) is 5.26 Å². The molecule has 0 saturated heterocycles. The van der Waals surface area contributed by atoms with Crippen LogP contribution in [0, 0.1) is 11.3 Å². The first-order chi connectivity index (χ1) is 21.7. The number of rotatable bonds is 4. The van der Waals surface area contributed by atoms with Crippen molar-refractivity contribution in [3.8, 4) is 62.2 Å². The van der Waals surface area contributed by atoms with Crippen LogP contribution in [0.4, 0.5) is 0 Å². The number of fused-ring (bicyclic) bond motifs is 5. The standard InChI is InChI=1S/C41H31N3/c42-27-28-17-19-34-35-20-18-32(25-37(35)41(36(34)23-28)21-8-3-9-22-41)31-15-10-16-33(24-31)39-26-38(29-11-4-1-5-12-29)43-40(44-39)30-13-6-2-7-14-30/h1-2,4-7,10-20,23-26H,3,8-9,21-22H2. The second-order valence-corrected chi connectivity index (χ2v) is 12.1. The van der Waals surface area contributed by atoms with Crippen molar-refractivity contribution >= 4 is 0 Å². The Morgan fingerprint density at radius 2 is 1.09 bits per heavy atom. The van der Waals surface area contributed by atoms with Crippen LogP contribution < -0.4 is 0 Å².